The molecular formula is C12H13NO4. The molecule has 1 N–H and O–H groups in total. The van der Waals surface area contributed by atoms with Gasteiger partial charge in [-0.1, -0.05) is 0 Å². The molecule has 2 rings (SSSR count). The first-order valence-electron chi connectivity index (χ1n) is 5.29. The molecule has 1 heterocycles. The quantitative estimate of drug-likeness (QED) is 0.797. The molecular weight excluding hydrogens is 222 g/mol. The third-order valence-corrected chi connectivity index (χ3v) is 2.47. The van der Waals surface area contributed by atoms with Crippen molar-refractivity contribution in [3.05, 3.63) is 23.8 Å². The second kappa shape index (κ2) is 4.45. The van der Waals surface area contributed by atoms with Crippen LogP contribution >= 0.6 is 0 Å². The standard InChI is InChI=1S/C12H13NO4/c1-7(13-8(2)14)12(15)9-3-4-10-11(5-9)17-6-16-10/h3-5,7H,6H2,1-2H3,(H,13,14). The Bertz CT molecular complexity index is 470. The fourth-order valence-corrected chi connectivity index (χ4v) is 1.67. The van der Waals surface area contributed by atoms with E-state index in [1.165, 1.54) is 6.92 Å². The molecule has 0 bridgehead atoms. The van der Waals surface area contributed by atoms with E-state index in [-0.39, 0.29) is 18.5 Å². The first kappa shape index (κ1) is 11.4. The Kier molecular flexibility index (Phi) is 2.99. The Balaban J connectivity index is 2.17. The molecule has 1 aromatic carbocycles. The SMILES string of the molecule is CC(=O)NC(C)C(=O)c1ccc2c(c1)OCO2. The molecule has 5 heteroatoms. The molecule has 0 aliphatic carbocycles. The molecule has 1 aliphatic rings. The highest BCUT2D eigenvalue weighted by atomic mass is 16.7. The number of rotatable bonds is 3. The molecule has 0 spiro atoms. The summed E-state index contributed by atoms with van der Waals surface area (Å²) in [6.45, 7) is 3.20. The van der Waals surface area contributed by atoms with E-state index < -0.39 is 6.04 Å². The molecule has 90 valence electrons. The highest BCUT2D eigenvalue weighted by Crippen LogP contribution is 2.32. The van der Waals surface area contributed by atoms with E-state index in [1.807, 2.05) is 0 Å². The van der Waals surface area contributed by atoms with Crippen LogP contribution < -0.4 is 14.8 Å². The average Bonchev–Trinajstić information content (AvgIpc) is 2.73. The number of fused-ring (bicyclic) bond motifs is 1. The van der Waals surface area contributed by atoms with Crippen molar-refractivity contribution in [1.82, 2.24) is 5.32 Å². The summed E-state index contributed by atoms with van der Waals surface area (Å²) in [5, 5.41) is 2.55. The molecule has 1 atom stereocenters. The Morgan fingerprint density at radius 2 is 2.00 bits per heavy atom. The van der Waals surface area contributed by atoms with Crippen molar-refractivity contribution in [3.8, 4) is 11.5 Å². The summed E-state index contributed by atoms with van der Waals surface area (Å²) in [7, 11) is 0. The Morgan fingerprint density at radius 3 is 2.71 bits per heavy atom. The fourth-order valence-electron chi connectivity index (χ4n) is 1.67. The van der Waals surface area contributed by atoms with Gasteiger partial charge in [0.25, 0.3) is 0 Å². The summed E-state index contributed by atoms with van der Waals surface area (Å²) in [5.74, 6) is 0.810. The molecule has 1 amide bonds. The topological polar surface area (TPSA) is 64.6 Å². The number of carbonyl (C=O) groups is 2. The van der Waals surface area contributed by atoms with Gasteiger partial charge in [-0.3, -0.25) is 9.59 Å². The van der Waals surface area contributed by atoms with Crippen LogP contribution in [0.1, 0.15) is 24.2 Å². The fraction of sp³-hybridized carbons (Fsp3) is 0.333. The van der Waals surface area contributed by atoms with Gasteiger partial charge in [-0.25, -0.2) is 0 Å². The van der Waals surface area contributed by atoms with E-state index in [4.69, 9.17) is 9.47 Å². The zero-order valence-corrected chi connectivity index (χ0v) is 9.65. The Labute approximate surface area is 98.7 Å². The smallest absolute Gasteiger partial charge is 0.231 e. The molecule has 1 aromatic rings. The number of benzene rings is 1. The molecule has 0 saturated heterocycles. The van der Waals surface area contributed by atoms with Crippen molar-refractivity contribution in [2.75, 3.05) is 6.79 Å². The molecule has 1 aliphatic heterocycles. The van der Waals surface area contributed by atoms with Crippen molar-refractivity contribution in [3.63, 3.8) is 0 Å². The predicted octanol–water partition coefficient (Wildman–Crippen LogP) is 1.12. The van der Waals surface area contributed by atoms with Crippen LogP contribution in [0.25, 0.3) is 0 Å². The molecule has 0 saturated carbocycles. The van der Waals surface area contributed by atoms with Crippen LogP contribution in [0.15, 0.2) is 18.2 Å². The molecule has 0 aromatic heterocycles. The van der Waals surface area contributed by atoms with Gasteiger partial charge >= 0.3 is 0 Å². The van der Waals surface area contributed by atoms with Crippen LogP contribution in [-0.2, 0) is 4.79 Å². The van der Waals surface area contributed by atoms with Crippen molar-refractivity contribution in [2.45, 2.75) is 19.9 Å². The molecule has 0 fully saturated rings. The summed E-state index contributed by atoms with van der Waals surface area (Å²) in [6, 6.07) is 4.43. The lowest BCUT2D eigenvalue weighted by Gasteiger charge is -2.11. The van der Waals surface area contributed by atoms with Gasteiger partial charge in [0, 0.05) is 12.5 Å². The maximum atomic E-state index is 12.0. The molecule has 17 heavy (non-hydrogen) atoms. The third kappa shape index (κ3) is 2.38. The van der Waals surface area contributed by atoms with Crippen LogP contribution in [0, 0.1) is 0 Å². The van der Waals surface area contributed by atoms with E-state index in [9.17, 15) is 9.59 Å². The Morgan fingerprint density at radius 1 is 1.29 bits per heavy atom. The second-order valence-corrected chi connectivity index (χ2v) is 3.85. The van der Waals surface area contributed by atoms with E-state index in [0.29, 0.717) is 17.1 Å². The lowest BCUT2D eigenvalue weighted by atomic mass is 10.0. The van der Waals surface area contributed by atoms with Gasteiger partial charge in [0.05, 0.1) is 6.04 Å². The minimum atomic E-state index is -0.548. The second-order valence-electron chi connectivity index (χ2n) is 3.85. The summed E-state index contributed by atoms with van der Waals surface area (Å²) >= 11 is 0. The van der Waals surface area contributed by atoms with E-state index >= 15 is 0 Å². The number of Topliss-reactive ketones (excluding diaryl/α,β-unsaturated/α-hetero) is 1. The number of ketones is 1. The molecule has 5 nitrogen and oxygen atoms in total. The monoisotopic (exact) mass is 235 g/mol. The summed E-state index contributed by atoms with van der Waals surface area (Å²) in [4.78, 5) is 22.8. The van der Waals surface area contributed by atoms with Crippen molar-refractivity contribution in [2.24, 2.45) is 0 Å². The first-order valence-corrected chi connectivity index (χ1v) is 5.29. The largest absolute Gasteiger partial charge is 0.454 e. The van der Waals surface area contributed by atoms with Crippen LogP contribution in [0.2, 0.25) is 0 Å². The van der Waals surface area contributed by atoms with Gasteiger partial charge < -0.3 is 14.8 Å². The maximum absolute atomic E-state index is 12.0. The Hall–Kier alpha value is -2.04. The number of hydrogen-bond donors (Lipinski definition) is 1. The molecule has 0 radical (unpaired) electrons. The van der Waals surface area contributed by atoms with Crippen molar-refractivity contribution < 1.29 is 19.1 Å². The lowest BCUT2D eigenvalue weighted by molar-refractivity contribution is -0.119. The zero-order valence-electron chi connectivity index (χ0n) is 9.65. The first-order chi connectivity index (χ1) is 8.08. The maximum Gasteiger partial charge on any atom is 0.231 e. The average molecular weight is 235 g/mol. The highest BCUT2D eigenvalue weighted by Gasteiger charge is 2.20. The van der Waals surface area contributed by atoms with Gasteiger partial charge in [-0.15, -0.1) is 0 Å². The summed E-state index contributed by atoms with van der Waals surface area (Å²) in [6.07, 6.45) is 0. The number of hydrogen-bond acceptors (Lipinski definition) is 4. The van der Waals surface area contributed by atoms with Gasteiger partial charge in [0.15, 0.2) is 17.3 Å². The van der Waals surface area contributed by atoms with E-state index in [0.717, 1.165) is 0 Å². The normalized spacial score (nSPS) is 14.2. The van der Waals surface area contributed by atoms with Crippen molar-refractivity contribution in [1.29, 1.82) is 0 Å². The van der Waals surface area contributed by atoms with Crippen LogP contribution in [0.4, 0.5) is 0 Å². The van der Waals surface area contributed by atoms with Crippen LogP contribution in [-0.4, -0.2) is 24.5 Å². The van der Waals surface area contributed by atoms with E-state index in [2.05, 4.69) is 5.32 Å². The lowest BCUT2D eigenvalue weighted by Crippen LogP contribution is -2.37. The van der Waals surface area contributed by atoms with Crippen molar-refractivity contribution >= 4 is 11.7 Å². The van der Waals surface area contributed by atoms with Crippen LogP contribution in [0.5, 0.6) is 11.5 Å². The minimum absolute atomic E-state index is 0.154. The summed E-state index contributed by atoms with van der Waals surface area (Å²) in [5.41, 5.74) is 0.496. The van der Waals surface area contributed by atoms with Gasteiger partial charge in [0.2, 0.25) is 12.7 Å². The third-order valence-electron chi connectivity index (χ3n) is 2.47. The minimum Gasteiger partial charge on any atom is -0.454 e. The number of amides is 1. The van der Waals surface area contributed by atoms with Gasteiger partial charge in [0.1, 0.15) is 0 Å². The number of carbonyl (C=O) groups excluding carboxylic acids is 2. The van der Waals surface area contributed by atoms with Gasteiger partial charge in [-0.05, 0) is 25.1 Å². The van der Waals surface area contributed by atoms with E-state index in [1.54, 1.807) is 25.1 Å². The zero-order chi connectivity index (χ0) is 12.4. The highest BCUT2D eigenvalue weighted by molar-refractivity contribution is 6.02. The van der Waals surface area contributed by atoms with Gasteiger partial charge in [-0.2, -0.15) is 0 Å². The number of ether oxygens (including phenoxy) is 2. The summed E-state index contributed by atoms with van der Waals surface area (Å²) < 4.78 is 10.3. The number of nitrogens with one attached hydrogen (secondary N) is 1. The molecule has 1 unspecified atom stereocenters. The predicted molar refractivity (Wildman–Crippen MR) is 60.2 cm³/mol. The van der Waals surface area contributed by atoms with Crippen LogP contribution in [0.3, 0.4) is 0 Å².